The summed E-state index contributed by atoms with van der Waals surface area (Å²) in [5, 5.41) is 0.238. The van der Waals surface area contributed by atoms with Crippen molar-refractivity contribution in [2.24, 2.45) is 5.73 Å². The minimum Gasteiger partial charge on any atom is -0.496 e. The van der Waals surface area contributed by atoms with E-state index < -0.39 is 5.91 Å². The van der Waals surface area contributed by atoms with Crippen molar-refractivity contribution in [2.75, 3.05) is 7.11 Å². The predicted molar refractivity (Wildman–Crippen MR) is 110 cm³/mol. The van der Waals surface area contributed by atoms with Gasteiger partial charge in [-0.05, 0) is 36.5 Å². The highest BCUT2D eigenvalue weighted by molar-refractivity contribution is 6.03. The lowest BCUT2D eigenvalue weighted by molar-refractivity contribution is 0.0997. The number of pyridine rings is 2. The average molecular weight is 397 g/mol. The van der Waals surface area contributed by atoms with Crippen LogP contribution < -0.4 is 15.9 Å². The Labute approximate surface area is 167 Å². The molecule has 3 N–H and O–H groups in total. The Balaban J connectivity index is 0.000000166. The maximum Gasteiger partial charge on any atom is 0.268 e. The molecule has 0 saturated heterocycles. The summed E-state index contributed by atoms with van der Waals surface area (Å²) in [6.07, 6.45) is 9.26. The fraction of sp³-hybridized carbons (Fsp3) is 0.318. The van der Waals surface area contributed by atoms with Crippen LogP contribution in [0.2, 0.25) is 0 Å². The molecule has 152 valence electrons. The van der Waals surface area contributed by atoms with Gasteiger partial charge < -0.3 is 15.5 Å². The topological polar surface area (TPSA) is 98.1 Å². The number of methoxy groups -OCH3 is 1. The lowest BCUT2D eigenvalue weighted by Gasteiger charge is -2.23. The molecule has 1 amide bonds. The molecule has 3 aromatic rings. The summed E-state index contributed by atoms with van der Waals surface area (Å²) in [6, 6.07) is 7.85. The van der Waals surface area contributed by atoms with E-state index in [0.717, 1.165) is 0 Å². The molecular formula is C22H24FN3O3. The molecule has 2 aromatic heterocycles. The largest absolute Gasteiger partial charge is 0.496 e. The lowest BCUT2D eigenvalue weighted by atomic mass is 9.84. The molecular weight excluding hydrogens is 373 g/mol. The van der Waals surface area contributed by atoms with Gasteiger partial charge >= 0.3 is 0 Å². The number of primary amides is 1. The summed E-state index contributed by atoms with van der Waals surface area (Å²) in [7, 11) is 1.61. The van der Waals surface area contributed by atoms with E-state index in [1.807, 2.05) is 6.07 Å². The van der Waals surface area contributed by atoms with E-state index in [9.17, 15) is 14.0 Å². The highest BCUT2D eigenvalue weighted by Crippen LogP contribution is 2.37. The average Bonchev–Trinajstić information content (AvgIpc) is 2.74. The number of hydrogen-bond acceptors (Lipinski definition) is 4. The first-order valence-corrected chi connectivity index (χ1v) is 9.61. The van der Waals surface area contributed by atoms with E-state index >= 15 is 0 Å². The number of aromatic nitrogens is 2. The zero-order chi connectivity index (χ0) is 20.8. The van der Waals surface area contributed by atoms with Crippen LogP contribution in [0.5, 0.6) is 5.75 Å². The molecule has 1 saturated carbocycles. The van der Waals surface area contributed by atoms with E-state index in [4.69, 9.17) is 10.5 Å². The van der Waals surface area contributed by atoms with Gasteiger partial charge in [-0.2, -0.15) is 0 Å². The molecule has 29 heavy (non-hydrogen) atoms. The van der Waals surface area contributed by atoms with Gasteiger partial charge in [0.2, 0.25) is 0 Å². The third-order valence-electron chi connectivity index (χ3n) is 5.14. The van der Waals surface area contributed by atoms with Crippen LogP contribution in [0.3, 0.4) is 0 Å². The van der Waals surface area contributed by atoms with Gasteiger partial charge in [-0.25, -0.2) is 4.39 Å². The van der Waals surface area contributed by atoms with Crippen molar-refractivity contribution in [1.29, 1.82) is 0 Å². The Morgan fingerprint density at radius 2 is 1.97 bits per heavy atom. The molecule has 0 atom stereocenters. The summed E-state index contributed by atoms with van der Waals surface area (Å²) in [4.78, 5) is 29.0. The van der Waals surface area contributed by atoms with Gasteiger partial charge in [0.1, 0.15) is 17.3 Å². The van der Waals surface area contributed by atoms with Crippen molar-refractivity contribution >= 4 is 16.8 Å². The van der Waals surface area contributed by atoms with Crippen molar-refractivity contribution in [1.82, 2.24) is 9.97 Å². The van der Waals surface area contributed by atoms with Crippen molar-refractivity contribution in [3.05, 3.63) is 70.0 Å². The van der Waals surface area contributed by atoms with Crippen molar-refractivity contribution in [3.8, 4) is 5.75 Å². The van der Waals surface area contributed by atoms with Crippen LogP contribution in [0.15, 0.2) is 47.5 Å². The number of amides is 1. The van der Waals surface area contributed by atoms with Crippen LogP contribution in [-0.4, -0.2) is 23.0 Å². The lowest BCUT2D eigenvalue weighted by Crippen LogP contribution is -2.17. The molecule has 1 fully saturated rings. The zero-order valence-corrected chi connectivity index (χ0v) is 16.3. The third-order valence-corrected chi connectivity index (χ3v) is 5.14. The number of benzene rings is 1. The summed E-state index contributed by atoms with van der Waals surface area (Å²) in [6.45, 7) is 0. The SMILES string of the molecule is COc1cc(F)ccc1C1CCCCC1.NC(=O)c1nccc2[nH]ccc(=O)c12. The van der Waals surface area contributed by atoms with Gasteiger partial charge in [0.25, 0.3) is 5.91 Å². The molecule has 1 aliphatic rings. The fourth-order valence-electron chi connectivity index (χ4n) is 3.74. The van der Waals surface area contributed by atoms with Gasteiger partial charge in [-0.1, -0.05) is 25.3 Å². The maximum atomic E-state index is 13.0. The molecule has 0 radical (unpaired) electrons. The van der Waals surface area contributed by atoms with Crippen molar-refractivity contribution in [3.63, 3.8) is 0 Å². The van der Waals surface area contributed by atoms with Crippen molar-refractivity contribution < 1.29 is 13.9 Å². The minimum atomic E-state index is -0.702. The Kier molecular flexibility index (Phi) is 6.59. The standard InChI is InChI=1S/C13H17FO.C9H7N3O2/c1-15-13-9-11(14)7-8-12(13)10-5-3-2-4-6-10;10-9(14)8-7-5(1-3-12-8)11-4-2-6(7)13/h7-10H,2-6H2,1H3;1-4H,(H2,10,14)(H,11,13). The van der Waals surface area contributed by atoms with E-state index in [0.29, 0.717) is 17.2 Å². The minimum absolute atomic E-state index is 0.00403. The summed E-state index contributed by atoms with van der Waals surface area (Å²) in [5.74, 6) is 0.356. The monoisotopic (exact) mass is 397 g/mol. The second-order valence-corrected chi connectivity index (χ2v) is 7.01. The number of H-pyrrole nitrogens is 1. The predicted octanol–water partition coefficient (Wildman–Crippen LogP) is 3.90. The number of carbonyl (C=O) groups is 1. The molecule has 0 unspecified atom stereocenters. The third kappa shape index (κ3) is 4.80. The number of nitrogens with zero attached hydrogens (tertiary/aromatic N) is 1. The number of fused-ring (bicyclic) bond motifs is 1. The molecule has 1 aromatic carbocycles. The number of hydrogen-bond donors (Lipinski definition) is 2. The highest BCUT2D eigenvalue weighted by Gasteiger charge is 2.19. The molecule has 1 aliphatic carbocycles. The molecule has 6 nitrogen and oxygen atoms in total. The van der Waals surface area contributed by atoms with Gasteiger partial charge in [0.05, 0.1) is 18.0 Å². The second kappa shape index (κ2) is 9.32. The van der Waals surface area contributed by atoms with Crippen molar-refractivity contribution in [2.45, 2.75) is 38.0 Å². The number of nitrogens with one attached hydrogen (secondary N) is 1. The number of nitrogens with two attached hydrogens (primary N) is 1. The van der Waals surface area contributed by atoms with Gasteiger partial charge in [-0.3, -0.25) is 14.6 Å². The highest BCUT2D eigenvalue weighted by atomic mass is 19.1. The molecule has 4 rings (SSSR count). The van der Waals surface area contributed by atoms with Crippen LogP contribution in [-0.2, 0) is 0 Å². The van der Waals surface area contributed by atoms with Crippen LogP contribution in [0.1, 0.15) is 54.1 Å². The van der Waals surface area contributed by atoms with Crippen LogP contribution in [0.25, 0.3) is 10.9 Å². The van der Waals surface area contributed by atoms with Crippen LogP contribution in [0, 0.1) is 5.82 Å². The Hall–Kier alpha value is -3.22. The number of aromatic amines is 1. The first-order chi connectivity index (χ1) is 14.0. The van der Waals surface area contributed by atoms with Gasteiger partial charge in [-0.15, -0.1) is 0 Å². The molecule has 0 bridgehead atoms. The molecule has 0 spiro atoms. The Bertz CT molecular complexity index is 1050. The number of ether oxygens (including phenoxy) is 1. The zero-order valence-electron chi connectivity index (χ0n) is 16.3. The second-order valence-electron chi connectivity index (χ2n) is 7.01. The maximum absolute atomic E-state index is 13.0. The number of rotatable bonds is 3. The normalized spacial score (nSPS) is 14.1. The Morgan fingerprint density at radius 1 is 1.21 bits per heavy atom. The first-order valence-electron chi connectivity index (χ1n) is 9.61. The molecule has 0 aliphatic heterocycles. The summed E-state index contributed by atoms with van der Waals surface area (Å²) < 4.78 is 18.3. The van der Waals surface area contributed by atoms with Crippen LogP contribution >= 0.6 is 0 Å². The van der Waals surface area contributed by atoms with E-state index in [-0.39, 0.29) is 22.3 Å². The first kappa shape index (κ1) is 20.5. The van der Waals surface area contributed by atoms with Gasteiger partial charge in [0.15, 0.2) is 5.43 Å². The summed E-state index contributed by atoms with van der Waals surface area (Å²) >= 11 is 0. The van der Waals surface area contributed by atoms with E-state index in [1.54, 1.807) is 13.2 Å². The fourth-order valence-corrected chi connectivity index (χ4v) is 3.74. The molecule has 7 heteroatoms. The number of carbonyl (C=O) groups excluding carboxylic acids is 1. The van der Waals surface area contributed by atoms with Crippen LogP contribution in [0.4, 0.5) is 4.39 Å². The molecule has 2 heterocycles. The quantitative estimate of drug-likeness (QED) is 0.700. The summed E-state index contributed by atoms with van der Waals surface area (Å²) in [5.41, 5.74) is 6.57. The van der Waals surface area contributed by atoms with E-state index in [2.05, 4.69) is 9.97 Å². The smallest absolute Gasteiger partial charge is 0.268 e. The number of halogens is 1. The van der Waals surface area contributed by atoms with Gasteiger partial charge in [0, 0.05) is 24.5 Å². The Morgan fingerprint density at radius 3 is 2.66 bits per heavy atom. The van der Waals surface area contributed by atoms with E-state index in [1.165, 1.54) is 68.3 Å².